The molecule has 1 aromatic rings. The molecular formula is C17H29N2O4PS3. The third-order valence-electron chi connectivity index (χ3n) is 4.03. The van der Waals surface area contributed by atoms with Crippen molar-refractivity contribution in [3.63, 3.8) is 0 Å². The maximum atomic E-state index is 13.0. The molecule has 0 bridgehead atoms. The van der Waals surface area contributed by atoms with Gasteiger partial charge in [-0.05, 0) is 37.4 Å². The van der Waals surface area contributed by atoms with Crippen molar-refractivity contribution in [2.75, 3.05) is 32.8 Å². The molecule has 6 nitrogen and oxygen atoms in total. The molecule has 0 saturated carbocycles. The van der Waals surface area contributed by atoms with E-state index in [2.05, 4.69) is 6.92 Å². The number of ether oxygens (including phenoxy) is 1. The Kier molecular flexibility index (Phi) is 9.79. The summed E-state index contributed by atoms with van der Waals surface area (Å²) >= 11 is 7.38. The molecule has 1 unspecified atom stereocenters. The Balaban J connectivity index is 3.12. The molecule has 0 spiro atoms. The first-order chi connectivity index (χ1) is 12.6. The van der Waals surface area contributed by atoms with Crippen LogP contribution in [0.5, 0.6) is 5.75 Å². The van der Waals surface area contributed by atoms with E-state index >= 15 is 0 Å². The van der Waals surface area contributed by atoms with E-state index < -0.39 is 15.4 Å². The van der Waals surface area contributed by atoms with Gasteiger partial charge in [0.25, 0.3) is 0 Å². The number of methoxy groups -OCH3 is 1. The zero-order valence-electron chi connectivity index (χ0n) is 16.5. The number of rotatable bonds is 11. The van der Waals surface area contributed by atoms with Crippen LogP contribution in [-0.4, -0.2) is 56.5 Å². The molecule has 0 aliphatic carbocycles. The van der Waals surface area contributed by atoms with Crippen LogP contribution in [0.2, 0.25) is 0 Å². The van der Waals surface area contributed by atoms with Gasteiger partial charge in [0.05, 0.1) is 7.11 Å². The smallest absolute Gasteiger partial charge is 0.224 e. The van der Waals surface area contributed by atoms with Crippen LogP contribution in [0.25, 0.3) is 0 Å². The van der Waals surface area contributed by atoms with Crippen molar-refractivity contribution < 1.29 is 17.9 Å². The first-order valence-electron chi connectivity index (χ1n) is 8.67. The first-order valence-corrected chi connectivity index (χ1v) is 14.6. The number of para-hydroxylation sites is 1. The summed E-state index contributed by atoms with van der Waals surface area (Å²) in [7, 11) is 1.11. The second-order valence-electron chi connectivity index (χ2n) is 6.13. The first kappa shape index (κ1) is 24.4. The Morgan fingerprint density at radius 3 is 2.44 bits per heavy atom. The maximum absolute atomic E-state index is 13.0. The summed E-state index contributed by atoms with van der Waals surface area (Å²) in [5, 5.41) is 0. The zero-order valence-corrected chi connectivity index (χ0v) is 19.9. The van der Waals surface area contributed by atoms with E-state index in [4.69, 9.17) is 16.5 Å². The predicted octanol–water partition coefficient (Wildman–Crippen LogP) is 3.98. The highest BCUT2D eigenvalue weighted by Gasteiger charge is 2.34. The van der Waals surface area contributed by atoms with Gasteiger partial charge in [-0.25, -0.2) is 13.1 Å². The average molecular weight is 453 g/mol. The number of benzene rings is 1. The lowest BCUT2D eigenvalue weighted by atomic mass is 10.3. The van der Waals surface area contributed by atoms with Crippen LogP contribution in [-0.2, 0) is 26.4 Å². The number of nitrogens with zero attached hydrogens (tertiary/aromatic N) is 2. The van der Waals surface area contributed by atoms with Crippen LogP contribution in [0.1, 0.15) is 33.1 Å². The molecular weight excluding hydrogens is 423 g/mol. The summed E-state index contributed by atoms with van der Waals surface area (Å²) in [5.74, 6) is 0.655. The van der Waals surface area contributed by atoms with Crippen molar-refractivity contribution in [3.05, 3.63) is 24.3 Å². The van der Waals surface area contributed by atoms with Gasteiger partial charge in [-0.3, -0.25) is 9.46 Å². The normalized spacial score (nSPS) is 14.0. The summed E-state index contributed by atoms with van der Waals surface area (Å²) in [6.07, 6.45) is 3.15. The van der Waals surface area contributed by atoms with Crippen LogP contribution in [0.3, 0.4) is 0 Å². The fourth-order valence-electron chi connectivity index (χ4n) is 2.39. The minimum atomic E-state index is -3.67. The minimum Gasteiger partial charge on any atom is -0.495 e. The number of unbranched alkanes of at least 4 members (excludes halogenated alkanes) is 2. The highest BCUT2D eigenvalue weighted by atomic mass is 32.9. The van der Waals surface area contributed by atoms with E-state index in [9.17, 15) is 13.2 Å². The van der Waals surface area contributed by atoms with Gasteiger partial charge in [-0.1, -0.05) is 43.3 Å². The molecule has 0 N–H and O–H groups in total. The Hall–Kier alpha value is -0.600. The molecule has 0 heterocycles. The summed E-state index contributed by atoms with van der Waals surface area (Å²) in [6.45, 7) is 3.57. The number of hydrogen-bond acceptors (Lipinski definition) is 6. The minimum absolute atomic E-state index is 0.127. The largest absolute Gasteiger partial charge is 0.495 e. The summed E-state index contributed by atoms with van der Waals surface area (Å²) < 4.78 is 34.3. The van der Waals surface area contributed by atoms with Gasteiger partial charge in [-0.15, -0.1) is 0 Å². The number of amides is 1. The number of hydrogen-bond donors (Lipinski definition) is 0. The van der Waals surface area contributed by atoms with Crippen molar-refractivity contribution >= 4 is 44.5 Å². The zero-order chi connectivity index (χ0) is 20.7. The van der Waals surface area contributed by atoms with Gasteiger partial charge in [0.1, 0.15) is 16.5 Å². The van der Waals surface area contributed by atoms with Crippen LogP contribution in [0.4, 0.5) is 0 Å². The van der Waals surface area contributed by atoms with E-state index in [1.807, 2.05) is 0 Å². The topological polar surface area (TPSA) is 66.9 Å². The third kappa shape index (κ3) is 6.46. The molecule has 1 aromatic carbocycles. The van der Waals surface area contributed by atoms with Crippen molar-refractivity contribution in [3.8, 4) is 5.75 Å². The summed E-state index contributed by atoms with van der Waals surface area (Å²) in [5.41, 5.74) is -2.59. The molecule has 0 fully saturated rings. The van der Waals surface area contributed by atoms with Crippen molar-refractivity contribution in [2.24, 2.45) is 0 Å². The molecule has 1 atom stereocenters. The molecule has 1 rings (SSSR count). The van der Waals surface area contributed by atoms with Gasteiger partial charge in [0.15, 0.2) is 15.4 Å². The van der Waals surface area contributed by atoms with Crippen molar-refractivity contribution in [1.29, 1.82) is 0 Å². The molecule has 0 aromatic heterocycles. The lowest BCUT2D eigenvalue weighted by Crippen LogP contribution is -2.32. The fraction of sp³-hybridized carbons (Fsp3) is 0.588. The number of carbonyl (C=O) groups excluding carboxylic acids is 1. The lowest BCUT2D eigenvalue weighted by Gasteiger charge is -2.37. The molecule has 1 amide bonds. The highest BCUT2D eigenvalue weighted by Crippen LogP contribution is 2.63. The Labute approximate surface area is 172 Å². The van der Waals surface area contributed by atoms with E-state index in [0.29, 0.717) is 5.75 Å². The Morgan fingerprint density at radius 1 is 1.26 bits per heavy atom. The second kappa shape index (κ2) is 10.8. The van der Waals surface area contributed by atoms with E-state index in [1.165, 1.54) is 36.2 Å². The predicted molar refractivity (Wildman–Crippen MR) is 118 cm³/mol. The van der Waals surface area contributed by atoms with Gasteiger partial charge < -0.3 is 4.74 Å². The standard InChI is InChI=1S/C17H29N2O4PS3/c1-6-7-10-13-26-24(25,19(4)15(2)20)18(3)14-27(21,22)17-12-9-8-11-16(17)23-5/h8-9,11-12H,6-7,10,13-14H2,1-5H3. The number of carbonyl (C=O) groups is 1. The SMILES string of the molecule is CCCCCSP(=S)(N(C)CS(=O)(=O)c1ccccc1OC)N(C)C(C)=O. The molecule has 0 aliphatic heterocycles. The van der Waals surface area contributed by atoms with E-state index in [1.54, 1.807) is 37.0 Å². The fourth-order valence-corrected chi connectivity index (χ4v) is 11.0. The second-order valence-corrected chi connectivity index (χ2v) is 15.5. The number of sulfone groups is 1. The molecule has 0 aliphatic rings. The van der Waals surface area contributed by atoms with Gasteiger partial charge in [-0.2, -0.15) is 0 Å². The van der Waals surface area contributed by atoms with Crippen LogP contribution >= 0.6 is 16.9 Å². The van der Waals surface area contributed by atoms with Crippen LogP contribution in [0, 0.1) is 0 Å². The van der Waals surface area contributed by atoms with Crippen LogP contribution < -0.4 is 4.74 Å². The molecule has 154 valence electrons. The van der Waals surface area contributed by atoms with Gasteiger partial charge in [0, 0.05) is 19.7 Å². The van der Waals surface area contributed by atoms with E-state index in [0.717, 1.165) is 25.0 Å². The molecule has 0 saturated heterocycles. The van der Waals surface area contributed by atoms with Gasteiger partial charge in [0.2, 0.25) is 5.91 Å². The quantitative estimate of drug-likeness (QED) is 0.372. The third-order valence-corrected chi connectivity index (χ3v) is 14.5. The lowest BCUT2D eigenvalue weighted by molar-refractivity contribution is -0.123. The summed E-state index contributed by atoms with van der Waals surface area (Å²) in [4.78, 5) is 12.1. The maximum Gasteiger partial charge on any atom is 0.224 e. The van der Waals surface area contributed by atoms with Crippen molar-refractivity contribution in [2.45, 2.75) is 38.0 Å². The van der Waals surface area contributed by atoms with Crippen LogP contribution in [0.15, 0.2) is 29.2 Å². The van der Waals surface area contributed by atoms with E-state index in [-0.39, 0.29) is 16.7 Å². The summed E-state index contributed by atoms with van der Waals surface area (Å²) in [6, 6.07) is 6.52. The highest BCUT2D eigenvalue weighted by molar-refractivity contribution is 8.69. The monoisotopic (exact) mass is 452 g/mol. The Bertz CT molecular complexity index is 786. The molecule has 10 heteroatoms. The van der Waals surface area contributed by atoms with Crippen molar-refractivity contribution in [1.82, 2.24) is 9.34 Å². The Morgan fingerprint density at radius 2 is 1.89 bits per heavy atom. The average Bonchev–Trinajstić information content (AvgIpc) is 2.63. The van der Waals surface area contributed by atoms with Gasteiger partial charge >= 0.3 is 0 Å². The molecule has 0 radical (unpaired) electrons. The molecule has 27 heavy (non-hydrogen) atoms.